The predicted molar refractivity (Wildman–Crippen MR) is 117 cm³/mol. The van der Waals surface area contributed by atoms with Crippen LogP contribution >= 0.6 is 0 Å². The summed E-state index contributed by atoms with van der Waals surface area (Å²) in [6, 6.07) is 10.1. The number of anilines is 1. The molecule has 0 radical (unpaired) electrons. The zero-order valence-corrected chi connectivity index (χ0v) is 19.1. The lowest BCUT2D eigenvalue weighted by Gasteiger charge is -2.10. The maximum absolute atomic E-state index is 12.7. The van der Waals surface area contributed by atoms with E-state index in [1.807, 2.05) is 19.9 Å². The van der Waals surface area contributed by atoms with E-state index in [0.29, 0.717) is 34.7 Å². The van der Waals surface area contributed by atoms with Crippen molar-refractivity contribution in [2.75, 3.05) is 4.72 Å². The quantitative estimate of drug-likeness (QED) is 0.466. The number of benzene rings is 1. The van der Waals surface area contributed by atoms with Gasteiger partial charge >= 0.3 is 0 Å². The normalized spacial score (nSPS) is 11.5. The average Bonchev–Trinajstić information content (AvgIpc) is 3.23. The van der Waals surface area contributed by atoms with Gasteiger partial charge in [-0.15, -0.1) is 0 Å². The van der Waals surface area contributed by atoms with Crippen molar-refractivity contribution >= 4 is 15.7 Å². The Kier molecular flexibility index (Phi) is 5.43. The van der Waals surface area contributed by atoms with E-state index in [0.717, 1.165) is 11.4 Å². The summed E-state index contributed by atoms with van der Waals surface area (Å²) in [5.74, 6) is 2.20. The van der Waals surface area contributed by atoms with Gasteiger partial charge in [0, 0.05) is 17.4 Å². The van der Waals surface area contributed by atoms with E-state index in [1.165, 1.54) is 0 Å². The van der Waals surface area contributed by atoms with Gasteiger partial charge in [-0.1, -0.05) is 5.16 Å². The van der Waals surface area contributed by atoms with Crippen LogP contribution in [0, 0.1) is 34.6 Å². The highest BCUT2D eigenvalue weighted by atomic mass is 32.2. The minimum Gasteiger partial charge on any atom is -0.439 e. The second-order valence-corrected chi connectivity index (χ2v) is 8.95. The molecule has 1 aromatic carbocycles. The molecule has 0 unspecified atom stereocenters. The Morgan fingerprint density at radius 2 is 1.72 bits per heavy atom. The summed E-state index contributed by atoms with van der Waals surface area (Å²) in [7, 11) is -3.82. The molecule has 0 fully saturated rings. The third kappa shape index (κ3) is 4.33. The van der Waals surface area contributed by atoms with E-state index >= 15 is 0 Å². The number of rotatable bonds is 6. The Hall–Kier alpha value is -3.73. The van der Waals surface area contributed by atoms with Crippen molar-refractivity contribution < 1.29 is 17.7 Å². The van der Waals surface area contributed by atoms with Crippen LogP contribution in [0.3, 0.4) is 0 Å². The van der Waals surface area contributed by atoms with Crippen molar-refractivity contribution in [2.24, 2.45) is 0 Å². The molecule has 11 heteroatoms. The molecule has 0 aliphatic rings. The highest BCUT2D eigenvalue weighted by molar-refractivity contribution is 7.92. The summed E-state index contributed by atoms with van der Waals surface area (Å²) in [5, 5.41) is 8.14. The summed E-state index contributed by atoms with van der Waals surface area (Å²) in [4.78, 5) is 8.79. The summed E-state index contributed by atoms with van der Waals surface area (Å²) < 4.78 is 40.4. The first-order valence-corrected chi connectivity index (χ1v) is 11.2. The highest BCUT2D eigenvalue weighted by Gasteiger charge is 2.24. The third-order valence-corrected chi connectivity index (χ3v) is 6.22. The van der Waals surface area contributed by atoms with Crippen molar-refractivity contribution in [1.82, 2.24) is 24.9 Å². The Morgan fingerprint density at radius 3 is 2.31 bits per heavy atom. The molecule has 32 heavy (non-hydrogen) atoms. The number of nitrogens with one attached hydrogen (secondary N) is 1. The third-order valence-electron chi connectivity index (χ3n) is 4.59. The molecule has 0 aliphatic carbocycles. The molecule has 0 aliphatic heterocycles. The molecular weight excluding hydrogens is 432 g/mol. The number of hydrogen-bond donors (Lipinski definition) is 1. The lowest BCUT2D eigenvalue weighted by molar-refractivity contribution is 0.390. The van der Waals surface area contributed by atoms with Gasteiger partial charge in [0.05, 0.1) is 5.69 Å². The molecule has 4 rings (SSSR count). The van der Waals surface area contributed by atoms with Crippen molar-refractivity contribution in [3.05, 3.63) is 65.1 Å². The summed E-state index contributed by atoms with van der Waals surface area (Å²) in [6.45, 7) is 8.76. The fourth-order valence-corrected chi connectivity index (χ4v) is 4.71. The lowest BCUT2D eigenvalue weighted by atomic mass is 10.3. The molecule has 0 saturated carbocycles. The largest absolute Gasteiger partial charge is 0.439 e. The molecule has 0 spiro atoms. The zero-order chi connectivity index (χ0) is 23.0. The number of aromatic nitrogens is 5. The van der Waals surface area contributed by atoms with Crippen LogP contribution in [-0.4, -0.2) is 33.3 Å². The van der Waals surface area contributed by atoms with Crippen molar-refractivity contribution in [1.29, 1.82) is 0 Å². The van der Waals surface area contributed by atoms with Crippen LogP contribution in [0.2, 0.25) is 0 Å². The van der Waals surface area contributed by atoms with Gasteiger partial charge < -0.3 is 9.26 Å². The molecule has 0 amide bonds. The van der Waals surface area contributed by atoms with Crippen molar-refractivity contribution in [2.45, 2.75) is 39.5 Å². The minimum atomic E-state index is -3.82. The first-order valence-electron chi connectivity index (χ1n) is 9.75. The summed E-state index contributed by atoms with van der Waals surface area (Å²) in [6.07, 6.45) is 0. The molecular formula is C21H22N6O4S. The predicted octanol–water partition coefficient (Wildman–Crippen LogP) is 3.79. The van der Waals surface area contributed by atoms with Crippen LogP contribution in [0.5, 0.6) is 11.6 Å². The fraction of sp³-hybridized carbons (Fsp3) is 0.238. The summed E-state index contributed by atoms with van der Waals surface area (Å²) in [5.41, 5.74) is 2.50. The van der Waals surface area contributed by atoms with E-state index in [-0.39, 0.29) is 10.7 Å². The van der Waals surface area contributed by atoms with Gasteiger partial charge in [0.1, 0.15) is 17.3 Å². The Labute approximate surface area is 185 Å². The molecule has 3 heterocycles. The molecule has 0 atom stereocenters. The van der Waals surface area contributed by atoms with E-state index in [2.05, 4.69) is 24.9 Å². The smallest absolute Gasteiger partial charge is 0.267 e. The van der Waals surface area contributed by atoms with Crippen LogP contribution < -0.4 is 9.46 Å². The average molecular weight is 455 g/mol. The van der Waals surface area contributed by atoms with Crippen molar-refractivity contribution in [3.63, 3.8) is 0 Å². The Bertz CT molecular complexity index is 1370. The Morgan fingerprint density at radius 1 is 1.00 bits per heavy atom. The first kappa shape index (κ1) is 21.5. The van der Waals surface area contributed by atoms with Gasteiger partial charge in [0.15, 0.2) is 16.5 Å². The molecule has 1 N–H and O–H groups in total. The van der Waals surface area contributed by atoms with Gasteiger partial charge in [-0.3, -0.25) is 4.72 Å². The van der Waals surface area contributed by atoms with E-state index in [4.69, 9.17) is 9.26 Å². The maximum atomic E-state index is 12.7. The van der Waals surface area contributed by atoms with Gasteiger partial charge in [-0.05, 0) is 65.0 Å². The monoisotopic (exact) mass is 454 g/mol. The maximum Gasteiger partial charge on any atom is 0.267 e. The topological polar surface area (TPSA) is 125 Å². The van der Waals surface area contributed by atoms with Gasteiger partial charge in [-0.25, -0.2) is 18.1 Å². The second-order valence-electron chi connectivity index (χ2n) is 7.34. The van der Waals surface area contributed by atoms with Gasteiger partial charge in [0.25, 0.3) is 10.0 Å². The Balaban J connectivity index is 1.54. The number of hydrogen-bond acceptors (Lipinski definition) is 8. The minimum absolute atomic E-state index is 0.0333. The van der Waals surface area contributed by atoms with Crippen LogP contribution in [0.1, 0.15) is 28.7 Å². The highest BCUT2D eigenvalue weighted by Crippen LogP contribution is 2.26. The number of nitrogens with zero attached hydrogens (tertiary/aromatic N) is 5. The standard InChI is InChI=1S/C21H22N6O4S/c1-12-10-13(2)27(24-12)19-11-20(23-16(5)22-19)30-18-8-6-17(7-9-18)26-32(28,29)21-14(3)25-31-15(21)4/h6-11,26H,1-5H3. The summed E-state index contributed by atoms with van der Waals surface area (Å²) >= 11 is 0. The second kappa shape index (κ2) is 8.08. The molecule has 0 saturated heterocycles. The molecule has 0 bridgehead atoms. The fourth-order valence-electron chi connectivity index (χ4n) is 3.32. The number of ether oxygens (including phenoxy) is 1. The van der Waals surface area contributed by atoms with E-state index in [9.17, 15) is 8.42 Å². The van der Waals surface area contributed by atoms with Crippen LogP contribution in [0.15, 0.2) is 45.8 Å². The van der Waals surface area contributed by atoms with Crippen LogP contribution in [0.25, 0.3) is 5.82 Å². The van der Waals surface area contributed by atoms with Gasteiger partial charge in [0.2, 0.25) is 5.88 Å². The van der Waals surface area contributed by atoms with Crippen LogP contribution in [-0.2, 0) is 10.0 Å². The van der Waals surface area contributed by atoms with E-state index < -0.39 is 10.0 Å². The number of sulfonamides is 1. The SMILES string of the molecule is Cc1cc(C)n(-c2cc(Oc3ccc(NS(=O)(=O)c4c(C)noc4C)cc3)nc(C)n2)n1. The molecule has 166 valence electrons. The first-order chi connectivity index (χ1) is 15.1. The molecule has 10 nitrogen and oxygen atoms in total. The molecule has 4 aromatic rings. The van der Waals surface area contributed by atoms with Crippen LogP contribution in [0.4, 0.5) is 5.69 Å². The number of aryl methyl sites for hydroxylation is 5. The molecule has 3 aromatic heterocycles. The van der Waals surface area contributed by atoms with Gasteiger partial charge in [-0.2, -0.15) is 10.1 Å². The van der Waals surface area contributed by atoms with Crippen molar-refractivity contribution in [3.8, 4) is 17.4 Å². The lowest BCUT2D eigenvalue weighted by Crippen LogP contribution is -2.14. The zero-order valence-electron chi connectivity index (χ0n) is 18.2. The van der Waals surface area contributed by atoms with E-state index in [1.54, 1.807) is 55.8 Å².